The minimum absolute atomic E-state index is 0.298. The van der Waals surface area contributed by atoms with Crippen LogP contribution in [-0.4, -0.2) is 23.5 Å². The number of nitrogens with one attached hydrogen (secondary N) is 1. The fraction of sp³-hybridized carbons (Fsp3) is 0.500. The van der Waals surface area contributed by atoms with Gasteiger partial charge < -0.3 is 5.32 Å². The van der Waals surface area contributed by atoms with E-state index in [9.17, 15) is 4.39 Å². The molecule has 0 spiro atoms. The van der Waals surface area contributed by atoms with E-state index in [-0.39, 0.29) is 5.82 Å². The van der Waals surface area contributed by atoms with E-state index in [4.69, 9.17) is 0 Å². The van der Waals surface area contributed by atoms with Crippen LogP contribution in [-0.2, 0) is 0 Å². The molecule has 1 atom stereocenters. The third kappa shape index (κ3) is 3.96. The Morgan fingerprint density at radius 2 is 2.36 bits per heavy atom. The Morgan fingerprint density at radius 1 is 1.57 bits per heavy atom. The van der Waals surface area contributed by atoms with Crippen molar-refractivity contribution >= 4 is 17.6 Å². The van der Waals surface area contributed by atoms with Crippen LogP contribution in [0, 0.1) is 11.7 Å². The van der Waals surface area contributed by atoms with E-state index in [1.54, 1.807) is 6.07 Å². The van der Waals surface area contributed by atoms with Crippen molar-refractivity contribution in [1.29, 1.82) is 0 Å². The van der Waals surface area contributed by atoms with Gasteiger partial charge in [-0.2, -0.15) is 11.8 Å². The maximum Gasteiger partial charge on any atom is 0.141 e. The van der Waals surface area contributed by atoms with Gasteiger partial charge in [0.15, 0.2) is 0 Å². The van der Waals surface area contributed by atoms with Crippen molar-refractivity contribution in [3.63, 3.8) is 0 Å². The van der Waals surface area contributed by atoms with Crippen molar-refractivity contribution < 1.29 is 4.39 Å². The molecule has 0 aromatic carbocycles. The molecule has 78 valence electrons. The lowest BCUT2D eigenvalue weighted by atomic mass is 10.2. The largest absolute Gasteiger partial charge is 0.370 e. The van der Waals surface area contributed by atoms with Crippen molar-refractivity contribution in [1.82, 2.24) is 4.98 Å². The molecule has 2 nitrogen and oxygen atoms in total. The molecule has 1 unspecified atom stereocenters. The zero-order chi connectivity index (χ0) is 10.4. The second-order valence-corrected chi connectivity index (χ2v) is 4.21. The summed E-state index contributed by atoms with van der Waals surface area (Å²) in [6.45, 7) is 3.05. The standard InChI is InChI=1S/C10H15FN2S/c1-8(7-14-2)5-12-10-4-3-9(11)6-13-10/h3-4,6,8H,5,7H2,1-2H3,(H,12,13). The summed E-state index contributed by atoms with van der Waals surface area (Å²) in [7, 11) is 0. The van der Waals surface area contributed by atoms with Crippen molar-refractivity contribution in [3.8, 4) is 0 Å². The second kappa shape index (κ2) is 5.86. The average molecular weight is 214 g/mol. The number of anilines is 1. The van der Waals surface area contributed by atoms with Crippen molar-refractivity contribution in [2.75, 3.05) is 23.9 Å². The molecule has 0 saturated carbocycles. The van der Waals surface area contributed by atoms with Crippen LogP contribution in [0.25, 0.3) is 0 Å². The molecule has 0 aliphatic rings. The van der Waals surface area contributed by atoms with E-state index in [2.05, 4.69) is 23.5 Å². The predicted molar refractivity (Wildman–Crippen MR) is 60.2 cm³/mol. The van der Waals surface area contributed by atoms with Crippen LogP contribution in [0.2, 0.25) is 0 Å². The molecule has 1 N–H and O–H groups in total. The number of thioether (sulfide) groups is 1. The summed E-state index contributed by atoms with van der Waals surface area (Å²) in [6.07, 6.45) is 3.31. The molecule has 0 fully saturated rings. The first-order valence-corrected chi connectivity index (χ1v) is 5.96. The van der Waals surface area contributed by atoms with Gasteiger partial charge in [0.2, 0.25) is 0 Å². The van der Waals surface area contributed by atoms with E-state index in [0.29, 0.717) is 5.92 Å². The lowest BCUT2D eigenvalue weighted by Crippen LogP contribution is -2.13. The zero-order valence-corrected chi connectivity index (χ0v) is 9.27. The van der Waals surface area contributed by atoms with E-state index in [1.807, 2.05) is 11.8 Å². The predicted octanol–water partition coefficient (Wildman–Crippen LogP) is 2.63. The molecule has 0 aliphatic heterocycles. The molecular formula is C10H15FN2S. The summed E-state index contributed by atoms with van der Waals surface area (Å²) < 4.78 is 12.5. The number of pyridine rings is 1. The van der Waals surface area contributed by atoms with E-state index >= 15 is 0 Å². The fourth-order valence-corrected chi connectivity index (χ4v) is 1.79. The van der Waals surface area contributed by atoms with E-state index < -0.39 is 0 Å². The Bertz CT molecular complexity index is 263. The maximum absolute atomic E-state index is 12.5. The minimum Gasteiger partial charge on any atom is -0.370 e. The molecule has 0 radical (unpaired) electrons. The second-order valence-electron chi connectivity index (χ2n) is 3.30. The first kappa shape index (κ1) is 11.3. The molecule has 0 saturated heterocycles. The third-order valence-corrected chi connectivity index (χ3v) is 2.71. The van der Waals surface area contributed by atoms with Gasteiger partial charge in [0.05, 0.1) is 6.20 Å². The van der Waals surface area contributed by atoms with Crippen LogP contribution in [0.15, 0.2) is 18.3 Å². The Balaban J connectivity index is 2.34. The summed E-state index contributed by atoms with van der Waals surface area (Å²) >= 11 is 1.83. The van der Waals surface area contributed by atoms with Gasteiger partial charge in [-0.1, -0.05) is 6.92 Å². The summed E-state index contributed by atoms with van der Waals surface area (Å²) in [6, 6.07) is 3.07. The van der Waals surface area contributed by atoms with Crippen molar-refractivity contribution in [2.45, 2.75) is 6.92 Å². The normalized spacial score (nSPS) is 12.5. The summed E-state index contributed by atoms with van der Waals surface area (Å²) in [5, 5.41) is 3.17. The molecule has 1 aromatic heterocycles. The van der Waals surface area contributed by atoms with Gasteiger partial charge in [0.1, 0.15) is 11.6 Å². The average Bonchev–Trinajstić information content (AvgIpc) is 2.17. The van der Waals surface area contributed by atoms with Gasteiger partial charge in [0.25, 0.3) is 0 Å². The van der Waals surface area contributed by atoms with Gasteiger partial charge >= 0.3 is 0 Å². The fourth-order valence-electron chi connectivity index (χ4n) is 1.10. The molecule has 1 aromatic rings. The maximum atomic E-state index is 12.5. The number of hydrogen-bond acceptors (Lipinski definition) is 3. The van der Waals surface area contributed by atoms with Crippen molar-refractivity contribution in [3.05, 3.63) is 24.1 Å². The number of aromatic nitrogens is 1. The highest BCUT2D eigenvalue weighted by Crippen LogP contribution is 2.07. The van der Waals surface area contributed by atoms with Crippen LogP contribution in [0.4, 0.5) is 10.2 Å². The highest BCUT2D eigenvalue weighted by Gasteiger charge is 2.01. The van der Waals surface area contributed by atoms with Gasteiger partial charge in [-0.15, -0.1) is 0 Å². The summed E-state index contributed by atoms with van der Waals surface area (Å²) in [4.78, 5) is 3.92. The lowest BCUT2D eigenvalue weighted by Gasteiger charge is -2.11. The number of halogens is 1. The molecule has 0 amide bonds. The van der Waals surface area contributed by atoms with Gasteiger partial charge in [0, 0.05) is 6.54 Å². The highest BCUT2D eigenvalue weighted by atomic mass is 32.2. The Kier molecular flexibility index (Phi) is 4.73. The quantitative estimate of drug-likeness (QED) is 0.815. The summed E-state index contributed by atoms with van der Waals surface area (Å²) in [5.41, 5.74) is 0. The molecule has 4 heteroatoms. The molecule has 0 bridgehead atoms. The zero-order valence-electron chi connectivity index (χ0n) is 8.46. The minimum atomic E-state index is -0.298. The van der Waals surface area contributed by atoms with Gasteiger partial charge in [-0.05, 0) is 30.1 Å². The SMILES string of the molecule is CSCC(C)CNc1ccc(F)cn1. The van der Waals surface area contributed by atoms with E-state index in [0.717, 1.165) is 18.1 Å². The van der Waals surface area contributed by atoms with Crippen LogP contribution < -0.4 is 5.32 Å². The van der Waals surface area contributed by atoms with Gasteiger partial charge in [-0.25, -0.2) is 9.37 Å². The molecule has 1 heterocycles. The van der Waals surface area contributed by atoms with Crippen LogP contribution in [0.5, 0.6) is 0 Å². The monoisotopic (exact) mass is 214 g/mol. The number of hydrogen-bond donors (Lipinski definition) is 1. The number of rotatable bonds is 5. The number of nitrogens with zero attached hydrogens (tertiary/aromatic N) is 1. The van der Waals surface area contributed by atoms with Crippen molar-refractivity contribution in [2.24, 2.45) is 5.92 Å². The van der Waals surface area contributed by atoms with E-state index in [1.165, 1.54) is 12.3 Å². The van der Waals surface area contributed by atoms with Crippen LogP contribution in [0.1, 0.15) is 6.92 Å². The molecular weight excluding hydrogens is 199 g/mol. The smallest absolute Gasteiger partial charge is 0.141 e. The van der Waals surface area contributed by atoms with Crippen LogP contribution in [0.3, 0.4) is 0 Å². The first-order chi connectivity index (χ1) is 6.72. The molecule has 0 aliphatic carbocycles. The molecule has 14 heavy (non-hydrogen) atoms. The summed E-state index contributed by atoms with van der Waals surface area (Å²) in [5.74, 6) is 2.15. The Morgan fingerprint density at radius 3 is 2.93 bits per heavy atom. The van der Waals surface area contributed by atoms with Crippen LogP contribution >= 0.6 is 11.8 Å². The third-order valence-electron chi connectivity index (χ3n) is 1.81. The topological polar surface area (TPSA) is 24.9 Å². The first-order valence-electron chi connectivity index (χ1n) is 4.56. The Hall–Kier alpha value is -0.770. The highest BCUT2D eigenvalue weighted by molar-refractivity contribution is 7.98. The Labute approximate surface area is 88.3 Å². The molecule has 1 rings (SSSR count). The van der Waals surface area contributed by atoms with Gasteiger partial charge in [-0.3, -0.25) is 0 Å². The lowest BCUT2D eigenvalue weighted by molar-refractivity contribution is 0.621.